The Bertz CT molecular complexity index is 643. The van der Waals surface area contributed by atoms with Crippen molar-refractivity contribution in [3.63, 3.8) is 0 Å². The van der Waals surface area contributed by atoms with Crippen molar-refractivity contribution in [1.82, 2.24) is 4.57 Å². The fraction of sp³-hybridized carbons (Fsp3) is 0.200. The van der Waals surface area contributed by atoms with Gasteiger partial charge in [0.1, 0.15) is 0 Å². The fourth-order valence-corrected chi connectivity index (χ4v) is 2.63. The van der Waals surface area contributed by atoms with Crippen LogP contribution >= 0.6 is 0 Å². The molecule has 0 aliphatic carbocycles. The van der Waals surface area contributed by atoms with E-state index < -0.39 is 11.9 Å². The molecule has 1 aromatic carbocycles. The van der Waals surface area contributed by atoms with Gasteiger partial charge in [0.25, 0.3) is 0 Å². The maximum Gasteiger partial charge on any atom is 0.312 e. The summed E-state index contributed by atoms with van der Waals surface area (Å²) >= 11 is 0. The summed E-state index contributed by atoms with van der Waals surface area (Å²) in [5.41, 5.74) is 1.93. The Morgan fingerprint density at radius 3 is 2.53 bits per heavy atom. The van der Waals surface area contributed by atoms with Crippen LogP contribution in [-0.4, -0.2) is 21.4 Å². The van der Waals surface area contributed by atoms with Crippen LogP contribution in [0.1, 0.15) is 34.1 Å². The zero-order chi connectivity index (χ0) is 13.4. The highest BCUT2D eigenvalue weighted by molar-refractivity contribution is 6.08. The van der Waals surface area contributed by atoms with Crippen LogP contribution < -0.4 is 0 Å². The summed E-state index contributed by atoms with van der Waals surface area (Å²) in [5.74, 6) is -1.37. The number of fused-ring (bicyclic) bond motifs is 1. The molecule has 1 aliphatic rings. The summed E-state index contributed by atoms with van der Waals surface area (Å²) in [4.78, 5) is 23.5. The molecule has 3 rings (SSSR count). The third kappa shape index (κ3) is 1.85. The molecule has 0 fully saturated rings. The number of hydrogen-bond acceptors (Lipinski definition) is 2. The van der Waals surface area contributed by atoms with Crippen molar-refractivity contribution >= 4 is 11.8 Å². The lowest BCUT2D eigenvalue weighted by Crippen LogP contribution is -2.09. The van der Waals surface area contributed by atoms with Gasteiger partial charge < -0.3 is 9.67 Å². The van der Waals surface area contributed by atoms with Gasteiger partial charge in [0.2, 0.25) is 5.78 Å². The predicted octanol–water partition coefficient (Wildman–Crippen LogP) is 2.29. The standard InChI is InChI=1S/C15H13NO3/c17-14(10-4-2-1-3-5-10)13-7-6-12-11(15(18)19)8-9-16(12)13/h1-7,11H,8-9H2,(H,18,19)/i1+1,2+1,3+1,4+1,5+1,10+1. The van der Waals surface area contributed by atoms with Crippen molar-refractivity contribution in [2.24, 2.45) is 0 Å². The maximum absolute atomic E-state index is 12.4. The van der Waals surface area contributed by atoms with Gasteiger partial charge in [-0.25, -0.2) is 0 Å². The Morgan fingerprint density at radius 2 is 1.84 bits per heavy atom. The van der Waals surface area contributed by atoms with Gasteiger partial charge in [-0.3, -0.25) is 9.59 Å². The highest BCUT2D eigenvalue weighted by Gasteiger charge is 2.31. The first-order chi connectivity index (χ1) is 9.18. The number of ketones is 1. The molecular weight excluding hydrogens is 248 g/mol. The van der Waals surface area contributed by atoms with Crippen LogP contribution in [0.3, 0.4) is 0 Å². The molecule has 0 amide bonds. The molecule has 0 bridgehead atoms. The minimum absolute atomic E-state index is 0.0575. The number of carbonyl (C=O) groups is 2. The molecule has 0 saturated carbocycles. The summed E-state index contributed by atoms with van der Waals surface area (Å²) in [7, 11) is 0. The van der Waals surface area contributed by atoms with E-state index in [1.165, 1.54) is 0 Å². The zero-order valence-corrected chi connectivity index (χ0v) is 10.2. The Morgan fingerprint density at radius 1 is 1.11 bits per heavy atom. The van der Waals surface area contributed by atoms with E-state index >= 15 is 0 Å². The molecule has 1 aromatic heterocycles. The minimum Gasteiger partial charge on any atom is -0.481 e. The monoisotopic (exact) mass is 261 g/mol. The van der Waals surface area contributed by atoms with Crippen LogP contribution in [0, 0.1) is 0 Å². The lowest BCUT2D eigenvalue weighted by molar-refractivity contribution is -0.138. The predicted molar refractivity (Wildman–Crippen MR) is 69.3 cm³/mol. The summed E-state index contributed by atoms with van der Waals surface area (Å²) in [6, 6.07) is 12.5. The van der Waals surface area contributed by atoms with E-state index in [1.54, 1.807) is 24.3 Å². The normalized spacial score (nSPS) is 17.2. The van der Waals surface area contributed by atoms with Crippen LogP contribution in [0.4, 0.5) is 0 Å². The number of carboxylic acid groups (broad SMARTS) is 1. The summed E-state index contributed by atoms with van der Waals surface area (Å²) in [6.45, 7) is 0.590. The van der Waals surface area contributed by atoms with Gasteiger partial charge >= 0.3 is 5.97 Å². The SMILES string of the molecule is O=C(O)C1CCn2c(C(=O)[13c]3[13cH][13cH][13cH][13cH][13cH]3)ccc21. The Hall–Kier alpha value is -2.36. The van der Waals surface area contributed by atoms with Crippen LogP contribution in [0.25, 0.3) is 0 Å². The number of aliphatic carboxylic acids is 1. The molecule has 1 aliphatic heterocycles. The van der Waals surface area contributed by atoms with Gasteiger partial charge in [0, 0.05) is 17.8 Å². The van der Waals surface area contributed by atoms with Gasteiger partial charge in [0.15, 0.2) is 0 Å². The van der Waals surface area contributed by atoms with Gasteiger partial charge in [-0.1, -0.05) is 30.3 Å². The van der Waals surface area contributed by atoms with Crippen LogP contribution in [0.2, 0.25) is 0 Å². The topological polar surface area (TPSA) is 59.3 Å². The van der Waals surface area contributed by atoms with Gasteiger partial charge in [-0.05, 0) is 18.6 Å². The van der Waals surface area contributed by atoms with E-state index in [4.69, 9.17) is 5.11 Å². The second-order valence-electron chi connectivity index (χ2n) is 4.67. The molecule has 4 heteroatoms. The van der Waals surface area contributed by atoms with Crippen LogP contribution in [0.15, 0.2) is 42.5 Å². The summed E-state index contributed by atoms with van der Waals surface area (Å²) < 4.78 is 1.83. The average molecular weight is 261 g/mol. The van der Waals surface area contributed by atoms with Crippen molar-refractivity contribution in [1.29, 1.82) is 0 Å². The van der Waals surface area contributed by atoms with Crippen molar-refractivity contribution in [2.75, 3.05) is 0 Å². The van der Waals surface area contributed by atoms with Crippen LogP contribution in [0.5, 0.6) is 0 Å². The molecule has 19 heavy (non-hydrogen) atoms. The maximum atomic E-state index is 12.4. The molecule has 0 saturated heterocycles. The second kappa shape index (κ2) is 4.39. The quantitative estimate of drug-likeness (QED) is 0.862. The van der Waals surface area contributed by atoms with E-state index in [1.807, 2.05) is 22.8 Å². The number of rotatable bonds is 3. The lowest BCUT2D eigenvalue weighted by Gasteiger charge is -2.05. The van der Waals surface area contributed by atoms with Crippen LogP contribution in [-0.2, 0) is 11.3 Å². The van der Waals surface area contributed by atoms with E-state index in [9.17, 15) is 9.59 Å². The van der Waals surface area contributed by atoms with Gasteiger partial charge in [0.05, 0.1) is 11.6 Å². The van der Waals surface area contributed by atoms with Gasteiger partial charge in [-0.15, -0.1) is 0 Å². The third-order valence-electron chi connectivity index (χ3n) is 3.58. The molecular formula is C15H13NO3. The number of carbonyl (C=O) groups excluding carboxylic acids is 1. The van der Waals surface area contributed by atoms with E-state index in [-0.39, 0.29) is 5.78 Å². The van der Waals surface area contributed by atoms with E-state index in [0.29, 0.717) is 24.2 Å². The Balaban J connectivity index is 1.99. The fourth-order valence-electron chi connectivity index (χ4n) is 2.63. The molecule has 2 heterocycles. The molecule has 1 N–H and O–H groups in total. The minimum atomic E-state index is -0.824. The van der Waals surface area contributed by atoms with Crippen molar-refractivity contribution in [3.05, 3.63) is 59.4 Å². The first kappa shape index (κ1) is 11.7. The molecule has 4 nitrogen and oxygen atoms in total. The summed E-state index contributed by atoms with van der Waals surface area (Å²) in [5, 5.41) is 9.13. The number of benzene rings is 1. The number of hydrogen-bond donors (Lipinski definition) is 1. The third-order valence-corrected chi connectivity index (χ3v) is 3.58. The zero-order valence-electron chi connectivity index (χ0n) is 10.2. The van der Waals surface area contributed by atoms with Crippen molar-refractivity contribution < 1.29 is 14.7 Å². The summed E-state index contributed by atoms with van der Waals surface area (Å²) in [6.07, 6.45) is 0.556. The number of carboxylic acids is 1. The first-order valence-electron chi connectivity index (χ1n) is 6.20. The lowest BCUT2D eigenvalue weighted by atomic mass is 10.1. The molecule has 1 unspecified atom stereocenters. The van der Waals surface area contributed by atoms with Crippen molar-refractivity contribution in [3.8, 4) is 0 Å². The molecule has 96 valence electrons. The van der Waals surface area contributed by atoms with E-state index in [2.05, 4.69) is 0 Å². The first-order valence-corrected chi connectivity index (χ1v) is 6.20. The smallest absolute Gasteiger partial charge is 0.312 e. The highest BCUT2D eigenvalue weighted by Crippen LogP contribution is 2.31. The molecule has 0 spiro atoms. The Labute approximate surface area is 110 Å². The second-order valence-corrected chi connectivity index (χ2v) is 4.67. The Kier molecular flexibility index (Phi) is 2.71. The largest absolute Gasteiger partial charge is 0.481 e. The van der Waals surface area contributed by atoms with E-state index in [0.717, 1.165) is 5.69 Å². The van der Waals surface area contributed by atoms with Gasteiger partial charge in [-0.2, -0.15) is 0 Å². The average Bonchev–Trinajstić information content (AvgIpc) is 2.99. The number of nitrogens with zero attached hydrogens (tertiary/aromatic N) is 1. The molecule has 1 atom stereocenters. The van der Waals surface area contributed by atoms with Crippen molar-refractivity contribution in [2.45, 2.75) is 18.9 Å². The number of aromatic nitrogens is 1. The highest BCUT2D eigenvalue weighted by atomic mass is 16.4. The molecule has 2 aromatic rings. The molecule has 0 radical (unpaired) electrons.